The van der Waals surface area contributed by atoms with E-state index < -0.39 is 5.97 Å². The number of benzene rings is 2. The van der Waals surface area contributed by atoms with E-state index in [2.05, 4.69) is 24.0 Å². The highest BCUT2D eigenvalue weighted by Crippen LogP contribution is 2.18. The van der Waals surface area contributed by atoms with Crippen LogP contribution < -0.4 is 4.90 Å². The van der Waals surface area contributed by atoms with Gasteiger partial charge in [-0.3, -0.25) is 0 Å². The molecule has 98 valence electrons. The van der Waals surface area contributed by atoms with Gasteiger partial charge in [-0.2, -0.15) is 0 Å². The molecule has 0 saturated carbocycles. The van der Waals surface area contributed by atoms with E-state index in [0.29, 0.717) is 5.56 Å². The third-order valence-corrected chi connectivity index (χ3v) is 3.20. The van der Waals surface area contributed by atoms with Crippen LogP contribution in [0.1, 0.15) is 21.5 Å². The molecule has 0 heterocycles. The first-order valence-corrected chi connectivity index (χ1v) is 6.17. The predicted molar refractivity (Wildman–Crippen MR) is 76.7 cm³/mol. The van der Waals surface area contributed by atoms with E-state index in [1.807, 2.05) is 25.2 Å². The summed E-state index contributed by atoms with van der Waals surface area (Å²) < 4.78 is 0. The van der Waals surface area contributed by atoms with Gasteiger partial charge in [-0.25, -0.2) is 4.79 Å². The molecule has 0 atom stereocenters. The normalized spacial score (nSPS) is 10.2. The molecule has 2 aromatic carbocycles. The Labute approximate surface area is 113 Å². The molecule has 0 spiro atoms. The van der Waals surface area contributed by atoms with Crippen molar-refractivity contribution >= 4 is 11.7 Å². The fourth-order valence-electron chi connectivity index (χ4n) is 2.01. The SMILES string of the molecule is Cc1ccccc1CN(C)c1cccc(C(=O)O)c1. The van der Waals surface area contributed by atoms with Crippen molar-refractivity contribution in [1.29, 1.82) is 0 Å². The van der Waals surface area contributed by atoms with E-state index in [0.717, 1.165) is 12.2 Å². The van der Waals surface area contributed by atoms with Gasteiger partial charge in [0.1, 0.15) is 0 Å². The molecule has 2 rings (SSSR count). The lowest BCUT2D eigenvalue weighted by molar-refractivity contribution is 0.0697. The average Bonchev–Trinajstić information content (AvgIpc) is 2.41. The Morgan fingerprint density at radius 1 is 1.16 bits per heavy atom. The monoisotopic (exact) mass is 255 g/mol. The number of aromatic carboxylic acids is 1. The van der Waals surface area contributed by atoms with Crippen molar-refractivity contribution in [3.05, 3.63) is 65.2 Å². The van der Waals surface area contributed by atoms with Gasteiger partial charge >= 0.3 is 5.97 Å². The molecule has 0 unspecified atom stereocenters. The zero-order valence-electron chi connectivity index (χ0n) is 11.1. The minimum atomic E-state index is -0.897. The molecule has 0 aliphatic carbocycles. The zero-order chi connectivity index (χ0) is 13.8. The van der Waals surface area contributed by atoms with Crippen LogP contribution in [0, 0.1) is 6.92 Å². The summed E-state index contributed by atoms with van der Waals surface area (Å²) in [5, 5.41) is 9.01. The lowest BCUT2D eigenvalue weighted by Gasteiger charge is -2.20. The molecule has 3 heteroatoms. The Morgan fingerprint density at radius 2 is 1.89 bits per heavy atom. The van der Waals surface area contributed by atoms with Crippen LogP contribution >= 0.6 is 0 Å². The summed E-state index contributed by atoms with van der Waals surface area (Å²) in [6.07, 6.45) is 0. The summed E-state index contributed by atoms with van der Waals surface area (Å²) in [4.78, 5) is 13.0. The number of hydrogen-bond acceptors (Lipinski definition) is 2. The lowest BCUT2D eigenvalue weighted by Crippen LogP contribution is -2.17. The van der Waals surface area contributed by atoms with Crippen LogP contribution in [0.15, 0.2) is 48.5 Å². The summed E-state index contributed by atoms with van der Waals surface area (Å²) in [6, 6.07) is 15.2. The third kappa shape index (κ3) is 3.13. The fraction of sp³-hybridized carbons (Fsp3) is 0.188. The standard InChI is InChI=1S/C16H17NO2/c1-12-6-3-4-7-14(12)11-17(2)15-9-5-8-13(10-15)16(18)19/h3-10H,11H2,1-2H3,(H,18,19). The number of carboxylic acids is 1. The van der Waals surface area contributed by atoms with Gasteiger partial charge in [-0.1, -0.05) is 30.3 Å². The van der Waals surface area contributed by atoms with Gasteiger partial charge in [0.05, 0.1) is 5.56 Å². The first-order valence-electron chi connectivity index (χ1n) is 6.17. The molecule has 0 amide bonds. The van der Waals surface area contributed by atoms with E-state index in [4.69, 9.17) is 5.11 Å². The highest BCUT2D eigenvalue weighted by molar-refractivity contribution is 5.88. The Balaban J connectivity index is 2.20. The van der Waals surface area contributed by atoms with Gasteiger partial charge in [0.15, 0.2) is 0 Å². The van der Waals surface area contributed by atoms with Crippen LogP contribution in [-0.2, 0) is 6.54 Å². The van der Waals surface area contributed by atoms with Gasteiger partial charge in [-0.05, 0) is 36.2 Å². The van der Waals surface area contributed by atoms with Gasteiger partial charge in [0.2, 0.25) is 0 Å². The van der Waals surface area contributed by atoms with E-state index >= 15 is 0 Å². The van der Waals surface area contributed by atoms with Gasteiger partial charge < -0.3 is 10.0 Å². The Bertz CT molecular complexity index is 593. The average molecular weight is 255 g/mol. The number of rotatable bonds is 4. The number of aryl methyl sites for hydroxylation is 1. The molecule has 0 bridgehead atoms. The maximum Gasteiger partial charge on any atom is 0.335 e. The number of carbonyl (C=O) groups is 1. The molecule has 1 N–H and O–H groups in total. The van der Waals surface area contributed by atoms with E-state index in [-0.39, 0.29) is 0 Å². The van der Waals surface area contributed by atoms with Crippen LogP contribution in [0.2, 0.25) is 0 Å². The van der Waals surface area contributed by atoms with Crippen LogP contribution in [0.4, 0.5) is 5.69 Å². The largest absolute Gasteiger partial charge is 0.478 e. The first-order chi connectivity index (χ1) is 9.08. The second kappa shape index (κ2) is 5.57. The topological polar surface area (TPSA) is 40.5 Å². The molecule has 0 aliphatic heterocycles. The van der Waals surface area contributed by atoms with Crippen molar-refractivity contribution in [2.75, 3.05) is 11.9 Å². The van der Waals surface area contributed by atoms with Crippen molar-refractivity contribution < 1.29 is 9.90 Å². The Hall–Kier alpha value is -2.29. The van der Waals surface area contributed by atoms with E-state index in [1.54, 1.807) is 18.2 Å². The van der Waals surface area contributed by atoms with Crippen LogP contribution in [0.25, 0.3) is 0 Å². The maximum atomic E-state index is 11.0. The van der Waals surface area contributed by atoms with E-state index in [9.17, 15) is 4.79 Å². The van der Waals surface area contributed by atoms with Gasteiger partial charge in [0, 0.05) is 19.3 Å². The molecular weight excluding hydrogens is 238 g/mol. The number of hydrogen-bond donors (Lipinski definition) is 1. The van der Waals surface area contributed by atoms with Crippen LogP contribution in [-0.4, -0.2) is 18.1 Å². The molecule has 0 saturated heterocycles. The van der Waals surface area contributed by atoms with Crippen LogP contribution in [0.3, 0.4) is 0 Å². The zero-order valence-corrected chi connectivity index (χ0v) is 11.1. The minimum Gasteiger partial charge on any atom is -0.478 e. The minimum absolute atomic E-state index is 0.314. The summed E-state index contributed by atoms with van der Waals surface area (Å²) in [6.45, 7) is 2.84. The number of nitrogens with zero attached hydrogens (tertiary/aromatic N) is 1. The quantitative estimate of drug-likeness (QED) is 0.911. The highest BCUT2D eigenvalue weighted by atomic mass is 16.4. The van der Waals surface area contributed by atoms with Gasteiger partial charge in [0.25, 0.3) is 0 Å². The molecule has 2 aromatic rings. The van der Waals surface area contributed by atoms with Crippen molar-refractivity contribution in [2.24, 2.45) is 0 Å². The summed E-state index contributed by atoms with van der Waals surface area (Å²) >= 11 is 0. The highest BCUT2D eigenvalue weighted by Gasteiger charge is 2.07. The second-order valence-electron chi connectivity index (χ2n) is 4.64. The molecule has 19 heavy (non-hydrogen) atoms. The molecular formula is C16H17NO2. The first kappa shape index (κ1) is 13.1. The molecule has 0 fully saturated rings. The number of carboxylic acid groups (broad SMARTS) is 1. The molecule has 0 radical (unpaired) electrons. The lowest BCUT2D eigenvalue weighted by atomic mass is 10.1. The van der Waals surface area contributed by atoms with E-state index in [1.165, 1.54) is 11.1 Å². The van der Waals surface area contributed by atoms with Crippen molar-refractivity contribution in [2.45, 2.75) is 13.5 Å². The smallest absolute Gasteiger partial charge is 0.335 e. The summed E-state index contributed by atoms with van der Waals surface area (Å²) in [5.41, 5.74) is 3.70. The third-order valence-electron chi connectivity index (χ3n) is 3.20. The Morgan fingerprint density at radius 3 is 2.58 bits per heavy atom. The number of anilines is 1. The predicted octanol–water partition coefficient (Wildman–Crippen LogP) is 3.33. The molecule has 0 aliphatic rings. The molecule has 3 nitrogen and oxygen atoms in total. The second-order valence-corrected chi connectivity index (χ2v) is 4.64. The van der Waals surface area contributed by atoms with Gasteiger partial charge in [-0.15, -0.1) is 0 Å². The van der Waals surface area contributed by atoms with Crippen molar-refractivity contribution in [1.82, 2.24) is 0 Å². The van der Waals surface area contributed by atoms with Crippen molar-refractivity contribution in [3.63, 3.8) is 0 Å². The Kier molecular flexibility index (Phi) is 3.85. The summed E-state index contributed by atoms with van der Waals surface area (Å²) in [5.74, 6) is -0.897. The van der Waals surface area contributed by atoms with Crippen LogP contribution in [0.5, 0.6) is 0 Å². The fourth-order valence-corrected chi connectivity index (χ4v) is 2.01. The summed E-state index contributed by atoms with van der Waals surface area (Å²) in [7, 11) is 1.97. The van der Waals surface area contributed by atoms with Crippen molar-refractivity contribution in [3.8, 4) is 0 Å². The molecule has 0 aromatic heterocycles. The maximum absolute atomic E-state index is 11.0.